The molecule has 3 rings (SSSR count). The van der Waals surface area contributed by atoms with Crippen LogP contribution in [0.3, 0.4) is 0 Å². The molecule has 0 saturated carbocycles. The maximum atomic E-state index is 9.10. The van der Waals surface area contributed by atoms with Gasteiger partial charge in [-0.15, -0.1) is 5.10 Å². The molecule has 0 radical (unpaired) electrons. The molecule has 9 nitrogen and oxygen atoms in total. The SMILES string of the molecule is Cc1nc(SCCCCCN2CCOCC2)nn1-c1ccc(Cl)c(Cl)c1.O=C(O)C(=O)O. The number of nitrogens with zero attached hydrogens (tertiary/aromatic N) is 4. The Morgan fingerprint density at radius 2 is 1.78 bits per heavy atom. The van der Waals surface area contributed by atoms with Crippen LogP contribution < -0.4 is 0 Å². The van der Waals surface area contributed by atoms with Crippen LogP contribution in [0.15, 0.2) is 23.4 Å². The minimum atomic E-state index is -1.82. The quantitative estimate of drug-likeness (QED) is 0.315. The highest BCUT2D eigenvalue weighted by Crippen LogP contribution is 2.25. The van der Waals surface area contributed by atoms with E-state index in [4.69, 9.17) is 47.7 Å². The molecule has 1 aliphatic heterocycles. The summed E-state index contributed by atoms with van der Waals surface area (Å²) >= 11 is 13.8. The average Bonchev–Trinajstić information content (AvgIpc) is 3.14. The van der Waals surface area contributed by atoms with E-state index < -0.39 is 11.9 Å². The van der Waals surface area contributed by atoms with Gasteiger partial charge in [-0.2, -0.15) is 0 Å². The van der Waals surface area contributed by atoms with Crippen LogP contribution in [0.1, 0.15) is 25.1 Å². The van der Waals surface area contributed by atoms with E-state index in [0.29, 0.717) is 10.0 Å². The molecule has 1 saturated heterocycles. The molecule has 176 valence electrons. The van der Waals surface area contributed by atoms with Gasteiger partial charge in [-0.05, 0) is 44.5 Å². The van der Waals surface area contributed by atoms with Gasteiger partial charge in [0.1, 0.15) is 5.82 Å². The summed E-state index contributed by atoms with van der Waals surface area (Å²) in [6.45, 7) is 7.03. The Kier molecular flexibility index (Phi) is 11.3. The summed E-state index contributed by atoms with van der Waals surface area (Å²) in [5.74, 6) is -1.77. The van der Waals surface area contributed by atoms with Crippen LogP contribution in [0.5, 0.6) is 0 Å². The van der Waals surface area contributed by atoms with Crippen LogP contribution in [0, 0.1) is 6.92 Å². The molecule has 0 spiro atoms. The Labute approximate surface area is 200 Å². The number of unbranched alkanes of at least 4 members (excludes halogenated alkanes) is 2. The first-order valence-corrected chi connectivity index (χ1v) is 11.8. The van der Waals surface area contributed by atoms with Crippen molar-refractivity contribution in [1.82, 2.24) is 19.7 Å². The molecule has 2 heterocycles. The van der Waals surface area contributed by atoms with Crippen molar-refractivity contribution >= 4 is 46.9 Å². The van der Waals surface area contributed by atoms with Gasteiger partial charge in [-0.3, -0.25) is 4.90 Å². The number of aromatic nitrogens is 3. The summed E-state index contributed by atoms with van der Waals surface area (Å²) in [6, 6.07) is 5.49. The van der Waals surface area contributed by atoms with E-state index in [9.17, 15) is 0 Å². The highest BCUT2D eigenvalue weighted by molar-refractivity contribution is 7.99. The number of aryl methyl sites for hydroxylation is 1. The first kappa shape index (κ1) is 26.4. The fraction of sp³-hybridized carbons (Fsp3) is 0.500. The van der Waals surface area contributed by atoms with Crippen LogP contribution in [-0.4, -0.2) is 80.4 Å². The maximum absolute atomic E-state index is 9.10. The molecule has 2 aromatic rings. The van der Waals surface area contributed by atoms with Crippen LogP contribution in [-0.2, 0) is 14.3 Å². The predicted octanol–water partition coefficient (Wildman–Crippen LogP) is 3.63. The van der Waals surface area contributed by atoms with E-state index in [2.05, 4.69) is 15.0 Å². The molecular formula is C20H26Cl2N4O5S. The van der Waals surface area contributed by atoms with Gasteiger partial charge in [0.25, 0.3) is 0 Å². The van der Waals surface area contributed by atoms with Gasteiger partial charge in [0.15, 0.2) is 0 Å². The van der Waals surface area contributed by atoms with Crippen molar-refractivity contribution in [3.63, 3.8) is 0 Å². The normalized spacial score (nSPS) is 14.0. The molecule has 0 atom stereocenters. The lowest BCUT2D eigenvalue weighted by Crippen LogP contribution is -2.36. The minimum Gasteiger partial charge on any atom is -0.473 e. The first-order chi connectivity index (χ1) is 15.3. The standard InChI is InChI=1S/C18H24Cl2N4OS.C2H2O4/c1-14-21-18(22-24(14)15-5-6-16(19)17(20)13-15)26-12-4-2-3-7-23-8-10-25-11-9-23;3-1(4)2(5)6/h5-6,13H,2-4,7-12H2,1H3;(H,3,4)(H,5,6). The second-order valence-electron chi connectivity index (χ2n) is 6.93. The summed E-state index contributed by atoms with van der Waals surface area (Å²) in [5.41, 5.74) is 0.877. The van der Waals surface area contributed by atoms with Gasteiger partial charge in [0, 0.05) is 18.8 Å². The van der Waals surface area contributed by atoms with Crippen LogP contribution in [0.4, 0.5) is 0 Å². The van der Waals surface area contributed by atoms with Gasteiger partial charge in [0.2, 0.25) is 5.16 Å². The monoisotopic (exact) mass is 504 g/mol. The zero-order chi connectivity index (χ0) is 23.5. The van der Waals surface area contributed by atoms with Gasteiger partial charge in [-0.25, -0.2) is 19.3 Å². The lowest BCUT2D eigenvalue weighted by atomic mass is 10.2. The Morgan fingerprint density at radius 3 is 2.41 bits per heavy atom. The number of thioether (sulfide) groups is 1. The van der Waals surface area contributed by atoms with Crippen molar-refractivity contribution in [3.05, 3.63) is 34.1 Å². The van der Waals surface area contributed by atoms with E-state index in [1.54, 1.807) is 17.8 Å². The molecule has 12 heteroatoms. The number of carboxylic acid groups (broad SMARTS) is 2. The molecule has 1 fully saturated rings. The number of ether oxygens (including phenoxy) is 1. The van der Waals surface area contributed by atoms with Crippen molar-refractivity contribution in [2.24, 2.45) is 0 Å². The molecule has 1 aliphatic rings. The van der Waals surface area contributed by atoms with E-state index >= 15 is 0 Å². The topological polar surface area (TPSA) is 118 Å². The van der Waals surface area contributed by atoms with Gasteiger partial charge in [-0.1, -0.05) is 41.4 Å². The molecule has 1 aromatic heterocycles. The average molecular weight is 505 g/mol. The van der Waals surface area contributed by atoms with E-state index in [1.807, 2.05) is 23.7 Å². The molecule has 2 N–H and O–H groups in total. The number of carbonyl (C=O) groups is 2. The van der Waals surface area contributed by atoms with Gasteiger partial charge in [0.05, 0.1) is 28.9 Å². The van der Waals surface area contributed by atoms with Crippen molar-refractivity contribution in [2.75, 3.05) is 38.6 Å². The second-order valence-corrected chi connectivity index (χ2v) is 8.80. The minimum absolute atomic E-state index is 0.522. The highest BCUT2D eigenvalue weighted by atomic mass is 35.5. The summed E-state index contributed by atoms with van der Waals surface area (Å²) in [4.78, 5) is 25.2. The zero-order valence-corrected chi connectivity index (χ0v) is 20.0. The Balaban J connectivity index is 0.000000534. The fourth-order valence-corrected chi connectivity index (χ4v) is 4.05. The van der Waals surface area contributed by atoms with Crippen molar-refractivity contribution in [3.8, 4) is 5.69 Å². The Morgan fingerprint density at radius 1 is 1.09 bits per heavy atom. The Bertz CT molecular complexity index is 894. The van der Waals surface area contributed by atoms with Gasteiger partial charge >= 0.3 is 11.9 Å². The van der Waals surface area contributed by atoms with Crippen molar-refractivity contribution in [1.29, 1.82) is 0 Å². The van der Waals surface area contributed by atoms with Crippen molar-refractivity contribution in [2.45, 2.75) is 31.3 Å². The molecule has 32 heavy (non-hydrogen) atoms. The highest BCUT2D eigenvalue weighted by Gasteiger charge is 2.11. The zero-order valence-electron chi connectivity index (χ0n) is 17.7. The smallest absolute Gasteiger partial charge is 0.414 e. The third-order valence-corrected chi connectivity index (χ3v) is 6.20. The largest absolute Gasteiger partial charge is 0.473 e. The van der Waals surface area contributed by atoms with Crippen LogP contribution in [0.25, 0.3) is 5.69 Å². The Hall–Kier alpha value is -1.85. The number of hydrogen-bond acceptors (Lipinski definition) is 7. The fourth-order valence-electron chi connectivity index (χ4n) is 2.89. The number of aliphatic carboxylic acids is 2. The lowest BCUT2D eigenvalue weighted by Gasteiger charge is -2.26. The predicted molar refractivity (Wildman–Crippen MR) is 123 cm³/mol. The first-order valence-electron chi connectivity index (χ1n) is 10.1. The number of morpholine rings is 1. The summed E-state index contributed by atoms with van der Waals surface area (Å²) in [5, 5.41) is 21.2. The third kappa shape index (κ3) is 8.95. The van der Waals surface area contributed by atoms with Crippen LogP contribution >= 0.6 is 35.0 Å². The van der Waals surface area contributed by atoms with Gasteiger partial charge < -0.3 is 14.9 Å². The molecular weight excluding hydrogens is 479 g/mol. The van der Waals surface area contributed by atoms with Crippen molar-refractivity contribution < 1.29 is 24.5 Å². The maximum Gasteiger partial charge on any atom is 0.414 e. The number of carboxylic acids is 2. The molecule has 1 aromatic carbocycles. The molecule has 0 amide bonds. The summed E-state index contributed by atoms with van der Waals surface area (Å²) < 4.78 is 7.18. The summed E-state index contributed by atoms with van der Waals surface area (Å²) in [6.07, 6.45) is 3.65. The second kappa shape index (κ2) is 13.6. The number of halogens is 2. The van der Waals surface area contributed by atoms with E-state index in [0.717, 1.165) is 48.7 Å². The van der Waals surface area contributed by atoms with Crippen LogP contribution in [0.2, 0.25) is 10.0 Å². The summed E-state index contributed by atoms with van der Waals surface area (Å²) in [7, 11) is 0. The lowest BCUT2D eigenvalue weighted by molar-refractivity contribution is -0.159. The number of benzene rings is 1. The third-order valence-electron chi connectivity index (χ3n) is 4.53. The van der Waals surface area contributed by atoms with E-state index in [-0.39, 0.29) is 0 Å². The number of rotatable bonds is 8. The molecule has 0 aliphatic carbocycles. The molecule has 0 unspecified atom stereocenters. The number of hydrogen-bond donors (Lipinski definition) is 2. The van der Waals surface area contributed by atoms with E-state index in [1.165, 1.54) is 25.8 Å². The molecule has 0 bridgehead atoms.